The lowest BCUT2D eigenvalue weighted by molar-refractivity contribution is 0.137. The molecular formula is C32H37NO3S. The third-order valence-corrected chi connectivity index (χ3v) is 9.91. The van der Waals surface area contributed by atoms with Gasteiger partial charge < -0.3 is 4.74 Å². The van der Waals surface area contributed by atoms with Crippen LogP contribution in [0.5, 0.6) is 0 Å². The number of fused-ring (bicyclic) bond motifs is 1. The van der Waals surface area contributed by atoms with E-state index in [4.69, 9.17) is 4.74 Å². The van der Waals surface area contributed by atoms with Gasteiger partial charge in [-0.1, -0.05) is 79.2 Å². The van der Waals surface area contributed by atoms with Crippen molar-refractivity contribution in [2.45, 2.75) is 75.8 Å². The molecule has 1 saturated carbocycles. The molecule has 0 amide bonds. The van der Waals surface area contributed by atoms with Gasteiger partial charge in [0.15, 0.2) is 0 Å². The van der Waals surface area contributed by atoms with Crippen LogP contribution in [0.1, 0.15) is 73.7 Å². The van der Waals surface area contributed by atoms with Crippen LogP contribution in [0.3, 0.4) is 0 Å². The van der Waals surface area contributed by atoms with Crippen LogP contribution in [0, 0.1) is 6.92 Å². The van der Waals surface area contributed by atoms with E-state index in [0.717, 1.165) is 48.1 Å². The lowest BCUT2D eigenvalue weighted by atomic mass is 9.75. The van der Waals surface area contributed by atoms with Crippen LogP contribution in [-0.2, 0) is 21.2 Å². The minimum atomic E-state index is -3.76. The topological polar surface area (TPSA) is 46.6 Å². The van der Waals surface area contributed by atoms with E-state index < -0.39 is 10.0 Å². The number of nitrogens with zero attached hydrogens (tertiary/aromatic N) is 1. The average molecular weight is 516 g/mol. The summed E-state index contributed by atoms with van der Waals surface area (Å²) in [7, 11) is -3.76. The minimum absolute atomic E-state index is 0.239. The van der Waals surface area contributed by atoms with Crippen molar-refractivity contribution in [2.24, 2.45) is 0 Å². The fraction of sp³-hybridized carbons (Fsp3) is 0.375. The Bertz CT molecular complexity index is 1350. The van der Waals surface area contributed by atoms with Gasteiger partial charge in [0.25, 0.3) is 0 Å². The lowest BCUT2D eigenvalue weighted by Crippen LogP contribution is -2.49. The zero-order chi connectivity index (χ0) is 26.0. The van der Waals surface area contributed by atoms with E-state index in [1.54, 1.807) is 12.1 Å². The first-order valence-corrected chi connectivity index (χ1v) is 14.9. The average Bonchev–Trinajstić information content (AvgIpc) is 2.93. The Morgan fingerprint density at radius 3 is 2.22 bits per heavy atom. The van der Waals surface area contributed by atoms with Gasteiger partial charge >= 0.3 is 0 Å². The van der Waals surface area contributed by atoms with Gasteiger partial charge in [0.1, 0.15) is 0 Å². The van der Waals surface area contributed by atoms with E-state index in [9.17, 15) is 8.42 Å². The molecule has 1 heterocycles. The van der Waals surface area contributed by atoms with Crippen LogP contribution in [0.2, 0.25) is 0 Å². The monoisotopic (exact) mass is 515 g/mol. The van der Waals surface area contributed by atoms with E-state index in [0.29, 0.717) is 23.8 Å². The number of ether oxygens (including phenoxy) is 1. The second kappa shape index (κ2) is 10.8. The van der Waals surface area contributed by atoms with Crippen molar-refractivity contribution in [3.8, 4) is 0 Å². The van der Waals surface area contributed by atoms with Crippen LogP contribution < -0.4 is 0 Å². The Balaban J connectivity index is 1.65. The first kappa shape index (κ1) is 25.7. The van der Waals surface area contributed by atoms with Crippen molar-refractivity contribution in [1.29, 1.82) is 0 Å². The second-order valence-electron chi connectivity index (χ2n) is 10.2. The molecule has 0 N–H and O–H groups in total. The second-order valence-corrected chi connectivity index (χ2v) is 12.1. The summed E-state index contributed by atoms with van der Waals surface area (Å²) >= 11 is 0. The SMILES string of the molecule is CCOC1=C2CCC(c3ccccc3)CC2N(S(=O)(=O)c2ccc(C)cc2)C(c2ccc(CC)cc2)C1. The summed E-state index contributed by atoms with van der Waals surface area (Å²) in [5, 5.41) is 0. The highest BCUT2D eigenvalue weighted by atomic mass is 32.2. The first-order valence-electron chi connectivity index (χ1n) is 13.5. The quantitative estimate of drug-likeness (QED) is 0.331. The predicted octanol–water partition coefficient (Wildman–Crippen LogP) is 7.32. The molecule has 0 saturated heterocycles. The molecule has 1 fully saturated rings. The summed E-state index contributed by atoms with van der Waals surface area (Å²) < 4.78 is 36.9. The molecule has 1 aliphatic carbocycles. The molecule has 3 atom stereocenters. The zero-order valence-corrected chi connectivity index (χ0v) is 22.9. The Morgan fingerprint density at radius 2 is 1.57 bits per heavy atom. The van der Waals surface area contributed by atoms with Gasteiger partial charge in [-0.15, -0.1) is 0 Å². The smallest absolute Gasteiger partial charge is 0.244 e. The van der Waals surface area contributed by atoms with Crippen LogP contribution in [0.4, 0.5) is 0 Å². The van der Waals surface area contributed by atoms with E-state index in [2.05, 4.69) is 55.5 Å². The van der Waals surface area contributed by atoms with Gasteiger partial charge in [-0.05, 0) is 79.8 Å². The van der Waals surface area contributed by atoms with Crippen LogP contribution in [0.15, 0.2) is 95.1 Å². The van der Waals surface area contributed by atoms with Gasteiger partial charge in [0.05, 0.1) is 29.3 Å². The van der Waals surface area contributed by atoms with Gasteiger partial charge in [-0.3, -0.25) is 0 Å². The number of hydrogen-bond donors (Lipinski definition) is 0. The third-order valence-electron chi connectivity index (χ3n) is 7.98. The molecule has 3 unspecified atom stereocenters. The van der Waals surface area contributed by atoms with Crippen LogP contribution >= 0.6 is 0 Å². The Morgan fingerprint density at radius 1 is 0.865 bits per heavy atom. The molecule has 1 aliphatic heterocycles. The minimum Gasteiger partial charge on any atom is -0.498 e. The molecule has 0 aromatic heterocycles. The summed E-state index contributed by atoms with van der Waals surface area (Å²) in [5.74, 6) is 1.29. The number of sulfonamides is 1. The van der Waals surface area contributed by atoms with E-state index in [-0.39, 0.29) is 12.1 Å². The van der Waals surface area contributed by atoms with Crippen molar-refractivity contribution >= 4 is 10.0 Å². The Kier molecular flexibility index (Phi) is 7.55. The molecule has 0 spiro atoms. The molecule has 5 heteroatoms. The molecule has 0 bridgehead atoms. The van der Waals surface area contributed by atoms with Crippen molar-refractivity contribution in [1.82, 2.24) is 4.31 Å². The van der Waals surface area contributed by atoms with Crippen molar-refractivity contribution in [2.75, 3.05) is 6.61 Å². The molecule has 2 aliphatic rings. The predicted molar refractivity (Wildman–Crippen MR) is 149 cm³/mol. The molecule has 3 aromatic carbocycles. The fourth-order valence-corrected chi connectivity index (χ4v) is 7.79. The van der Waals surface area contributed by atoms with Gasteiger partial charge in [-0.25, -0.2) is 8.42 Å². The van der Waals surface area contributed by atoms with Crippen LogP contribution in [-0.4, -0.2) is 25.4 Å². The van der Waals surface area contributed by atoms with Gasteiger partial charge in [0.2, 0.25) is 10.0 Å². The number of rotatable bonds is 7. The normalized spacial score (nSPS) is 22.5. The van der Waals surface area contributed by atoms with Crippen molar-refractivity contribution in [3.63, 3.8) is 0 Å². The molecule has 5 rings (SSSR count). The van der Waals surface area contributed by atoms with E-state index >= 15 is 0 Å². The largest absolute Gasteiger partial charge is 0.498 e. The third kappa shape index (κ3) is 5.12. The summed E-state index contributed by atoms with van der Waals surface area (Å²) in [6, 6.07) is 25.7. The van der Waals surface area contributed by atoms with E-state index in [1.165, 1.54) is 11.1 Å². The van der Waals surface area contributed by atoms with E-state index in [1.807, 2.05) is 36.4 Å². The Labute approximate surface area is 222 Å². The van der Waals surface area contributed by atoms with Gasteiger partial charge in [-0.2, -0.15) is 4.31 Å². The molecule has 0 radical (unpaired) electrons. The number of aryl methyl sites for hydroxylation is 2. The molecule has 3 aromatic rings. The zero-order valence-electron chi connectivity index (χ0n) is 22.1. The maximum Gasteiger partial charge on any atom is 0.244 e. The van der Waals surface area contributed by atoms with Gasteiger partial charge in [0, 0.05) is 6.42 Å². The summed E-state index contributed by atoms with van der Waals surface area (Å²) in [6.45, 7) is 6.71. The van der Waals surface area contributed by atoms with Crippen LogP contribution in [0.25, 0.3) is 0 Å². The molecular weight excluding hydrogens is 478 g/mol. The number of benzene rings is 3. The standard InChI is InChI=1S/C32H37NO3S/c1-4-24-13-15-26(16-14-24)30-22-32(36-5-2)29-20-17-27(25-9-7-6-8-10-25)21-31(29)33(30)37(34,35)28-18-11-23(3)12-19-28/h6-16,18-19,27,30-31H,4-5,17,20-22H2,1-3H3. The summed E-state index contributed by atoms with van der Waals surface area (Å²) in [6.07, 6.45) is 4.12. The maximum absolute atomic E-state index is 14.4. The molecule has 37 heavy (non-hydrogen) atoms. The molecule has 194 valence electrons. The van der Waals surface area contributed by atoms with Crippen molar-refractivity contribution < 1.29 is 13.2 Å². The number of hydrogen-bond acceptors (Lipinski definition) is 3. The molecule has 4 nitrogen and oxygen atoms in total. The Hall–Kier alpha value is -2.89. The maximum atomic E-state index is 14.4. The summed E-state index contributed by atoms with van der Waals surface area (Å²) in [5.41, 5.74) is 5.75. The van der Waals surface area contributed by atoms with Crippen molar-refractivity contribution in [3.05, 3.63) is 112 Å². The first-order chi connectivity index (χ1) is 17.9. The highest BCUT2D eigenvalue weighted by Gasteiger charge is 2.47. The highest BCUT2D eigenvalue weighted by molar-refractivity contribution is 7.89. The fourth-order valence-electron chi connectivity index (χ4n) is 5.98. The highest BCUT2D eigenvalue weighted by Crippen LogP contribution is 2.49. The lowest BCUT2D eigenvalue weighted by Gasteiger charge is -2.46. The summed E-state index contributed by atoms with van der Waals surface area (Å²) in [4.78, 5) is 0.356.